The van der Waals surface area contributed by atoms with E-state index in [0.29, 0.717) is 6.54 Å². The van der Waals surface area contributed by atoms with Gasteiger partial charge in [-0.3, -0.25) is 10.1 Å². The number of anilines is 1. The fourth-order valence-corrected chi connectivity index (χ4v) is 3.12. The lowest BCUT2D eigenvalue weighted by Crippen LogP contribution is -2.51. The SMILES string of the molecule is O=C(Nc1cccc2ccccc12)C1NNNC1NCc1ccccc1. The van der Waals surface area contributed by atoms with Crippen LogP contribution in [-0.2, 0) is 11.3 Å². The van der Waals surface area contributed by atoms with Crippen LogP contribution in [0.15, 0.2) is 72.8 Å². The summed E-state index contributed by atoms with van der Waals surface area (Å²) in [6.45, 7) is 0.667. The third-order valence-electron chi connectivity index (χ3n) is 4.49. The molecule has 0 radical (unpaired) electrons. The molecule has 1 aliphatic rings. The van der Waals surface area contributed by atoms with Crippen LogP contribution in [0.25, 0.3) is 10.8 Å². The first-order valence-electron chi connectivity index (χ1n) is 8.63. The second kappa shape index (κ2) is 7.63. The Bertz CT molecular complexity index is 894. The Morgan fingerprint density at radius 3 is 2.54 bits per heavy atom. The Morgan fingerprint density at radius 1 is 0.885 bits per heavy atom. The molecule has 132 valence electrons. The van der Waals surface area contributed by atoms with Crippen LogP contribution in [0.5, 0.6) is 0 Å². The highest BCUT2D eigenvalue weighted by Crippen LogP contribution is 2.23. The van der Waals surface area contributed by atoms with E-state index in [1.807, 2.05) is 72.8 Å². The molecule has 1 aliphatic heterocycles. The van der Waals surface area contributed by atoms with Crippen LogP contribution in [0.3, 0.4) is 0 Å². The Balaban J connectivity index is 1.45. The normalized spacial score (nSPS) is 19.5. The van der Waals surface area contributed by atoms with Gasteiger partial charge in [0.05, 0.1) is 6.17 Å². The highest BCUT2D eigenvalue weighted by atomic mass is 16.2. The van der Waals surface area contributed by atoms with Crippen LogP contribution >= 0.6 is 0 Å². The number of fused-ring (bicyclic) bond motifs is 1. The van der Waals surface area contributed by atoms with Crippen molar-refractivity contribution in [3.63, 3.8) is 0 Å². The standard InChI is InChI=1S/C20H21N5O/c26-20(22-17-12-6-10-15-9-4-5-11-16(15)17)18-19(24-25-23-18)21-13-14-7-2-1-3-8-14/h1-12,18-19,21,23-25H,13H2,(H,22,26). The summed E-state index contributed by atoms with van der Waals surface area (Å²) in [5.41, 5.74) is 10.8. The predicted molar refractivity (Wildman–Crippen MR) is 103 cm³/mol. The molecule has 1 amide bonds. The number of hydrogen-bond acceptors (Lipinski definition) is 5. The highest BCUT2D eigenvalue weighted by molar-refractivity contribution is 6.04. The van der Waals surface area contributed by atoms with Crippen LogP contribution in [-0.4, -0.2) is 18.1 Å². The zero-order chi connectivity index (χ0) is 17.8. The first-order valence-corrected chi connectivity index (χ1v) is 8.63. The van der Waals surface area contributed by atoms with Crippen molar-refractivity contribution in [1.29, 1.82) is 0 Å². The van der Waals surface area contributed by atoms with E-state index in [1.54, 1.807) is 0 Å². The van der Waals surface area contributed by atoms with E-state index in [9.17, 15) is 4.79 Å². The predicted octanol–water partition coefficient (Wildman–Crippen LogP) is 1.88. The molecule has 0 spiro atoms. The molecular weight excluding hydrogens is 326 g/mol. The van der Waals surface area contributed by atoms with Gasteiger partial charge in [0, 0.05) is 17.6 Å². The minimum Gasteiger partial charge on any atom is -0.324 e. The average molecular weight is 347 g/mol. The first kappa shape index (κ1) is 16.7. The average Bonchev–Trinajstić information content (AvgIpc) is 3.16. The van der Waals surface area contributed by atoms with Gasteiger partial charge in [-0.15, -0.1) is 0 Å². The molecule has 3 aromatic rings. The molecule has 0 bridgehead atoms. The number of nitrogens with one attached hydrogen (secondary N) is 5. The van der Waals surface area contributed by atoms with Crippen molar-refractivity contribution >= 4 is 22.4 Å². The number of benzene rings is 3. The van der Waals surface area contributed by atoms with Gasteiger partial charge < -0.3 is 5.32 Å². The van der Waals surface area contributed by atoms with Crippen LogP contribution in [0.4, 0.5) is 5.69 Å². The lowest BCUT2D eigenvalue weighted by atomic mass is 10.1. The highest BCUT2D eigenvalue weighted by Gasteiger charge is 2.32. The smallest absolute Gasteiger partial charge is 0.245 e. The quantitative estimate of drug-likeness (QED) is 0.487. The monoisotopic (exact) mass is 347 g/mol. The molecule has 6 nitrogen and oxygen atoms in total. The number of carbonyl (C=O) groups excluding carboxylic acids is 1. The van der Waals surface area contributed by atoms with Gasteiger partial charge in [0.25, 0.3) is 0 Å². The number of hydrogen-bond donors (Lipinski definition) is 5. The van der Waals surface area contributed by atoms with Crippen molar-refractivity contribution in [3.8, 4) is 0 Å². The number of hydrazine groups is 2. The Kier molecular flexibility index (Phi) is 4.90. The molecule has 3 aromatic carbocycles. The minimum absolute atomic E-state index is 0.107. The lowest BCUT2D eigenvalue weighted by Gasteiger charge is -2.19. The van der Waals surface area contributed by atoms with Crippen molar-refractivity contribution in [2.75, 3.05) is 5.32 Å². The van der Waals surface area contributed by atoms with Crippen molar-refractivity contribution < 1.29 is 4.79 Å². The Hall–Kier alpha value is -2.77. The van der Waals surface area contributed by atoms with Crippen LogP contribution in [0, 0.1) is 0 Å². The van der Waals surface area contributed by atoms with Crippen LogP contribution in [0.1, 0.15) is 5.56 Å². The second-order valence-electron chi connectivity index (χ2n) is 6.25. The van der Waals surface area contributed by atoms with Crippen molar-refractivity contribution in [1.82, 2.24) is 21.7 Å². The summed E-state index contributed by atoms with van der Waals surface area (Å²) < 4.78 is 0. The summed E-state index contributed by atoms with van der Waals surface area (Å²) in [5, 5.41) is 8.51. The molecule has 5 N–H and O–H groups in total. The fourth-order valence-electron chi connectivity index (χ4n) is 3.12. The number of amides is 1. The van der Waals surface area contributed by atoms with E-state index in [1.165, 1.54) is 0 Å². The van der Waals surface area contributed by atoms with E-state index < -0.39 is 6.04 Å². The van der Waals surface area contributed by atoms with Gasteiger partial charge in [0.2, 0.25) is 5.91 Å². The molecule has 0 aliphatic carbocycles. The Morgan fingerprint density at radius 2 is 1.65 bits per heavy atom. The molecular formula is C20H21N5O. The molecule has 2 unspecified atom stereocenters. The summed E-state index contributed by atoms with van der Waals surface area (Å²) >= 11 is 0. The van der Waals surface area contributed by atoms with Crippen LogP contribution < -0.4 is 27.0 Å². The van der Waals surface area contributed by atoms with E-state index in [0.717, 1.165) is 22.0 Å². The maximum absolute atomic E-state index is 12.8. The van der Waals surface area contributed by atoms with Crippen molar-refractivity contribution in [3.05, 3.63) is 78.4 Å². The van der Waals surface area contributed by atoms with Gasteiger partial charge in [0.1, 0.15) is 6.04 Å². The Labute approximate surface area is 151 Å². The number of rotatable bonds is 5. The first-order chi connectivity index (χ1) is 12.8. The summed E-state index contributed by atoms with van der Waals surface area (Å²) in [6, 6.07) is 23.5. The molecule has 4 rings (SSSR count). The minimum atomic E-state index is -0.447. The van der Waals surface area contributed by atoms with Gasteiger partial charge in [-0.1, -0.05) is 66.7 Å². The maximum atomic E-state index is 12.8. The largest absolute Gasteiger partial charge is 0.324 e. The van der Waals surface area contributed by atoms with Crippen LogP contribution in [0.2, 0.25) is 0 Å². The molecule has 26 heavy (non-hydrogen) atoms. The third kappa shape index (κ3) is 3.58. The van der Waals surface area contributed by atoms with E-state index in [-0.39, 0.29) is 12.1 Å². The third-order valence-corrected chi connectivity index (χ3v) is 4.49. The fraction of sp³-hybridized carbons (Fsp3) is 0.150. The number of carbonyl (C=O) groups is 1. The molecule has 6 heteroatoms. The lowest BCUT2D eigenvalue weighted by molar-refractivity contribution is -0.118. The zero-order valence-electron chi connectivity index (χ0n) is 14.2. The van der Waals surface area contributed by atoms with Gasteiger partial charge in [-0.25, -0.2) is 10.9 Å². The molecule has 2 atom stereocenters. The summed E-state index contributed by atoms with van der Waals surface area (Å²) in [6.07, 6.45) is -0.231. The summed E-state index contributed by atoms with van der Waals surface area (Å²) in [7, 11) is 0. The van der Waals surface area contributed by atoms with Crippen molar-refractivity contribution in [2.24, 2.45) is 0 Å². The second-order valence-corrected chi connectivity index (χ2v) is 6.25. The summed E-state index contributed by atoms with van der Waals surface area (Å²) in [5.74, 6) is -0.107. The molecule has 1 saturated heterocycles. The van der Waals surface area contributed by atoms with Gasteiger partial charge >= 0.3 is 0 Å². The molecule has 1 heterocycles. The van der Waals surface area contributed by atoms with Gasteiger partial charge in [-0.2, -0.15) is 5.53 Å². The molecule has 1 fully saturated rings. The van der Waals surface area contributed by atoms with E-state index >= 15 is 0 Å². The topological polar surface area (TPSA) is 77.2 Å². The molecule has 0 aromatic heterocycles. The maximum Gasteiger partial charge on any atom is 0.245 e. The van der Waals surface area contributed by atoms with Gasteiger partial charge in [0.15, 0.2) is 0 Å². The van der Waals surface area contributed by atoms with Crippen molar-refractivity contribution in [2.45, 2.75) is 18.8 Å². The zero-order valence-corrected chi connectivity index (χ0v) is 14.2. The molecule has 0 saturated carbocycles. The van der Waals surface area contributed by atoms with Gasteiger partial charge in [-0.05, 0) is 17.0 Å². The summed E-state index contributed by atoms with van der Waals surface area (Å²) in [4.78, 5) is 12.8. The van der Waals surface area contributed by atoms with E-state index in [4.69, 9.17) is 0 Å². The van der Waals surface area contributed by atoms with E-state index in [2.05, 4.69) is 27.0 Å².